The summed E-state index contributed by atoms with van der Waals surface area (Å²) in [5.74, 6) is -0.479. The Morgan fingerprint density at radius 2 is 2.00 bits per heavy atom. The Morgan fingerprint density at radius 1 is 1.39 bits per heavy atom. The lowest BCUT2D eigenvalue weighted by Gasteiger charge is -2.24. The van der Waals surface area contributed by atoms with Gasteiger partial charge in [0.2, 0.25) is 0 Å². The molecule has 104 valence electrons. The number of hydrogen-bond acceptors (Lipinski definition) is 3. The van der Waals surface area contributed by atoms with Gasteiger partial charge in [-0.1, -0.05) is 0 Å². The molecule has 0 aromatic carbocycles. The van der Waals surface area contributed by atoms with Gasteiger partial charge in [0.25, 0.3) is 0 Å². The van der Waals surface area contributed by atoms with E-state index >= 15 is 0 Å². The van der Waals surface area contributed by atoms with E-state index in [2.05, 4.69) is 5.32 Å². The van der Waals surface area contributed by atoms with Crippen molar-refractivity contribution < 1.29 is 14.7 Å². The van der Waals surface area contributed by atoms with Crippen LogP contribution in [0.5, 0.6) is 0 Å². The zero-order chi connectivity index (χ0) is 13.7. The largest absolute Gasteiger partial charge is 0.480 e. The second kappa shape index (κ2) is 6.58. The summed E-state index contributed by atoms with van der Waals surface area (Å²) in [6.45, 7) is 2.85. The molecule has 0 radical (unpaired) electrons. The van der Waals surface area contributed by atoms with Crippen LogP contribution < -0.4 is 5.32 Å². The standard InChI is InChI=1S/C12H23N3O3/c1-9(14(2)3)6-13-12(18)15(8-11(16)17)7-10-4-5-10/h9-10H,4-8H2,1-3H3,(H,13,18)(H,16,17). The van der Waals surface area contributed by atoms with Gasteiger partial charge in [-0.15, -0.1) is 0 Å². The van der Waals surface area contributed by atoms with E-state index in [1.165, 1.54) is 4.90 Å². The quantitative estimate of drug-likeness (QED) is 0.694. The molecule has 0 aromatic rings. The zero-order valence-electron chi connectivity index (χ0n) is 11.3. The third-order valence-electron chi connectivity index (χ3n) is 3.22. The maximum atomic E-state index is 11.9. The summed E-state index contributed by atoms with van der Waals surface area (Å²) in [6, 6.07) is -0.0560. The van der Waals surface area contributed by atoms with Gasteiger partial charge in [-0.2, -0.15) is 0 Å². The summed E-state index contributed by atoms with van der Waals surface area (Å²) < 4.78 is 0. The first-order valence-corrected chi connectivity index (χ1v) is 6.31. The molecule has 1 aliphatic carbocycles. The van der Waals surface area contributed by atoms with Crippen LogP contribution in [0.25, 0.3) is 0 Å². The average molecular weight is 257 g/mol. The number of aliphatic carboxylic acids is 1. The summed E-state index contributed by atoms with van der Waals surface area (Å²) in [7, 11) is 3.88. The molecule has 1 aliphatic rings. The van der Waals surface area contributed by atoms with E-state index in [4.69, 9.17) is 5.11 Å². The van der Waals surface area contributed by atoms with E-state index in [0.29, 0.717) is 19.0 Å². The monoisotopic (exact) mass is 257 g/mol. The minimum atomic E-state index is -0.966. The second-order valence-electron chi connectivity index (χ2n) is 5.22. The van der Waals surface area contributed by atoms with Gasteiger partial charge in [0.05, 0.1) is 0 Å². The van der Waals surface area contributed by atoms with Crippen molar-refractivity contribution in [3.05, 3.63) is 0 Å². The molecule has 1 fully saturated rings. The minimum Gasteiger partial charge on any atom is -0.480 e. The predicted molar refractivity (Wildman–Crippen MR) is 68.5 cm³/mol. The SMILES string of the molecule is CC(CNC(=O)N(CC(=O)O)CC1CC1)N(C)C. The first-order chi connectivity index (χ1) is 8.40. The van der Waals surface area contributed by atoms with Crippen molar-refractivity contribution in [2.75, 3.05) is 33.7 Å². The third kappa shape index (κ3) is 5.35. The summed E-state index contributed by atoms with van der Waals surface area (Å²) >= 11 is 0. The Hall–Kier alpha value is -1.30. The van der Waals surface area contributed by atoms with Crippen LogP contribution in [0.2, 0.25) is 0 Å². The molecular weight excluding hydrogens is 234 g/mol. The predicted octanol–water partition coefficient (Wildman–Crippen LogP) is 0.443. The van der Waals surface area contributed by atoms with E-state index in [1.54, 1.807) is 0 Å². The number of carboxylic acids is 1. The van der Waals surface area contributed by atoms with Gasteiger partial charge >= 0.3 is 12.0 Å². The molecule has 0 saturated heterocycles. The molecule has 0 aromatic heterocycles. The number of carbonyl (C=O) groups excluding carboxylic acids is 1. The maximum Gasteiger partial charge on any atom is 0.323 e. The minimum absolute atomic E-state index is 0.224. The Bertz CT molecular complexity index is 303. The van der Waals surface area contributed by atoms with Crippen LogP contribution in [-0.2, 0) is 4.79 Å². The molecule has 6 nitrogen and oxygen atoms in total. The highest BCUT2D eigenvalue weighted by molar-refractivity contribution is 5.80. The maximum absolute atomic E-state index is 11.9. The van der Waals surface area contributed by atoms with Crippen LogP contribution in [0.1, 0.15) is 19.8 Å². The highest BCUT2D eigenvalue weighted by Crippen LogP contribution is 2.29. The van der Waals surface area contributed by atoms with E-state index in [-0.39, 0.29) is 18.6 Å². The molecule has 0 heterocycles. The van der Waals surface area contributed by atoms with Crippen molar-refractivity contribution in [2.24, 2.45) is 5.92 Å². The smallest absolute Gasteiger partial charge is 0.323 e. The van der Waals surface area contributed by atoms with Crippen LogP contribution in [0.4, 0.5) is 4.79 Å². The molecule has 1 rings (SSSR count). The molecular formula is C12H23N3O3. The lowest BCUT2D eigenvalue weighted by Crippen LogP contribution is -2.47. The average Bonchev–Trinajstić information content (AvgIpc) is 3.07. The van der Waals surface area contributed by atoms with Gasteiger partial charge in [-0.3, -0.25) is 4.79 Å². The van der Waals surface area contributed by atoms with Crippen molar-refractivity contribution >= 4 is 12.0 Å². The van der Waals surface area contributed by atoms with E-state index in [1.807, 2.05) is 25.9 Å². The van der Waals surface area contributed by atoms with Crippen LogP contribution in [0, 0.1) is 5.92 Å². The number of urea groups is 1. The fourth-order valence-electron chi connectivity index (χ4n) is 1.52. The molecule has 0 bridgehead atoms. The molecule has 2 N–H and O–H groups in total. The van der Waals surface area contributed by atoms with Crippen LogP contribution in [0.15, 0.2) is 0 Å². The Labute approximate surface area is 108 Å². The molecule has 6 heteroatoms. The van der Waals surface area contributed by atoms with Crippen molar-refractivity contribution in [3.8, 4) is 0 Å². The third-order valence-corrected chi connectivity index (χ3v) is 3.22. The molecule has 1 unspecified atom stereocenters. The normalized spacial score (nSPS) is 16.4. The van der Waals surface area contributed by atoms with Crippen molar-refractivity contribution in [2.45, 2.75) is 25.8 Å². The number of nitrogens with zero attached hydrogens (tertiary/aromatic N) is 2. The molecule has 2 amide bonds. The lowest BCUT2D eigenvalue weighted by atomic mass is 10.3. The number of carboxylic acid groups (broad SMARTS) is 1. The molecule has 0 spiro atoms. The highest BCUT2D eigenvalue weighted by Gasteiger charge is 2.28. The van der Waals surface area contributed by atoms with Crippen molar-refractivity contribution in [3.63, 3.8) is 0 Å². The topological polar surface area (TPSA) is 72.9 Å². The van der Waals surface area contributed by atoms with Gasteiger partial charge in [0.1, 0.15) is 6.54 Å². The highest BCUT2D eigenvalue weighted by atomic mass is 16.4. The van der Waals surface area contributed by atoms with Crippen molar-refractivity contribution in [1.82, 2.24) is 15.1 Å². The van der Waals surface area contributed by atoms with E-state index < -0.39 is 5.97 Å². The lowest BCUT2D eigenvalue weighted by molar-refractivity contribution is -0.137. The summed E-state index contributed by atoms with van der Waals surface area (Å²) in [4.78, 5) is 26.0. The summed E-state index contributed by atoms with van der Waals surface area (Å²) in [6.07, 6.45) is 2.19. The number of rotatable bonds is 7. The van der Waals surface area contributed by atoms with Gasteiger partial charge in [0.15, 0.2) is 0 Å². The molecule has 18 heavy (non-hydrogen) atoms. The summed E-state index contributed by atoms with van der Waals surface area (Å²) in [5.41, 5.74) is 0. The van der Waals surface area contributed by atoms with Gasteiger partial charge < -0.3 is 20.2 Å². The molecule has 1 saturated carbocycles. The van der Waals surface area contributed by atoms with Gasteiger partial charge in [-0.05, 0) is 39.8 Å². The number of likely N-dealkylation sites (N-methyl/N-ethyl adjacent to an activating group) is 1. The number of amides is 2. The first kappa shape index (κ1) is 14.8. The number of nitrogens with one attached hydrogen (secondary N) is 1. The number of carbonyl (C=O) groups is 2. The zero-order valence-corrected chi connectivity index (χ0v) is 11.3. The van der Waals surface area contributed by atoms with Gasteiger partial charge in [-0.25, -0.2) is 4.79 Å². The van der Waals surface area contributed by atoms with E-state index in [9.17, 15) is 9.59 Å². The Morgan fingerprint density at radius 3 is 2.44 bits per heavy atom. The van der Waals surface area contributed by atoms with Crippen LogP contribution in [0.3, 0.4) is 0 Å². The first-order valence-electron chi connectivity index (χ1n) is 6.31. The molecule has 0 aliphatic heterocycles. The summed E-state index contributed by atoms with van der Waals surface area (Å²) in [5, 5.41) is 11.6. The van der Waals surface area contributed by atoms with Gasteiger partial charge in [0, 0.05) is 19.1 Å². The molecule has 1 atom stereocenters. The Balaban J connectivity index is 2.39. The van der Waals surface area contributed by atoms with E-state index in [0.717, 1.165) is 12.8 Å². The fourth-order valence-corrected chi connectivity index (χ4v) is 1.52. The number of hydrogen-bond donors (Lipinski definition) is 2. The van der Waals surface area contributed by atoms with Crippen LogP contribution >= 0.6 is 0 Å². The second-order valence-corrected chi connectivity index (χ2v) is 5.22. The fraction of sp³-hybridized carbons (Fsp3) is 0.833. The van der Waals surface area contributed by atoms with Crippen LogP contribution in [-0.4, -0.2) is 66.7 Å². The Kier molecular flexibility index (Phi) is 5.40. The van der Waals surface area contributed by atoms with Crippen molar-refractivity contribution in [1.29, 1.82) is 0 Å².